The number of esters is 2. The van der Waals surface area contributed by atoms with Crippen molar-refractivity contribution in [3.8, 4) is 0 Å². The van der Waals surface area contributed by atoms with Crippen LogP contribution < -0.4 is 0 Å². The SMILES string of the molecule is CCCCP(C(C)C(=O)OC)C(C)C(=O)OC. The molecular weight excluding hydrogens is 239 g/mol. The van der Waals surface area contributed by atoms with Crippen molar-refractivity contribution in [2.24, 2.45) is 0 Å². The number of carbonyl (C=O) groups excluding carboxylic acids is 2. The zero-order valence-corrected chi connectivity index (χ0v) is 12.3. The van der Waals surface area contributed by atoms with Gasteiger partial charge in [-0.15, -0.1) is 0 Å². The number of ether oxygens (including phenoxy) is 2. The first-order valence-electron chi connectivity index (χ1n) is 5.90. The summed E-state index contributed by atoms with van der Waals surface area (Å²) in [4.78, 5) is 23.1. The molecule has 0 bridgehead atoms. The molecule has 0 fully saturated rings. The predicted octanol–water partition coefficient (Wildman–Crippen LogP) is 2.39. The van der Waals surface area contributed by atoms with E-state index in [0.29, 0.717) is 0 Å². The van der Waals surface area contributed by atoms with Crippen LogP contribution >= 0.6 is 7.92 Å². The van der Waals surface area contributed by atoms with Gasteiger partial charge in [-0.25, -0.2) is 0 Å². The average molecular weight is 262 g/mol. The van der Waals surface area contributed by atoms with Gasteiger partial charge >= 0.3 is 11.9 Å². The molecule has 0 aromatic carbocycles. The highest BCUT2D eigenvalue weighted by Gasteiger charge is 2.32. The molecule has 0 aliphatic carbocycles. The average Bonchev–Trinajstić information content (AvgIpc) is 2.36. The van der Waals surface area contributed by atoms with Crippen molar-refractivity contribution in [1.29, 1.82) is 0 Å². The lowest BCUT2D eigenvalue weighted by Gasteiger charge is -2.27. The zero-order chi connectivity index (χ0) is 13.4. The third kappa shape index (κ3) is 5.03. The van der Waals surface area contributed by atoms with E-state index in [2.05, 4.69) is 6.92 Å². The molecule has 0 radical (unpaired) electrons. The highest BCUT2D eigenvalue weighted by molar-refractivity contribution is 7.61. The van der Waals surface area contributed by atoms with Crippen molar-refractivity contribution in [2.45, 2.75) is 44.9 Å². The summed E-state index contributed by atoms with van der Waals surface area (Å²) in [6.45, 7) is 5.78. The van der Waals surface area contributed by atoms with Crippen LogP contribution in [0.1, 0.15) is 33.6 Å². The number of hydrogen-bond acceptors (Lipinski definition) is 4. The van der Waals surface area contributed by atoms with Gasteiger partial charge in [-0.3, -0.25) is 9.59 Å². The molecule has 2 atom stereocenters. The molecule has 0 aliphatic rings. The molecule has 0 N–H and O–H groups in total. The topological polar surface area (TPSA) is 52.6 Å². The van der Waals surface area contributed by atoms with Crippen LogP contribution in [0, 0.1) is 0 Å². The molecule has 0 aromatic heterocycles. The maximum Gasteiger partial charge on any atom is 0.312 e. The molecule has 4 nitrogen and oxygen atoms in total. The molecule has 0 aliphatic heterocycles. The molecule has 2 unspecified atom stereocenters. The Kier molecular flexibility index (Phi) is 8.15. The van der Waals surface area contributed by atoms with Crippen molar-refractivity contribution < 1.29 is 19.1 Å². The van der Waals surface area contributed by atoms with Gasteiger partial charge in [0, 0.05) is 0 Å². The van der Waals surface area contributed by atoms with E-state index >= 15 is 0 Å². The second-order valence-electron chi connectivity index (χ2n) is 3.99. The Morgan fingerprint density at radius 3 is 1.76 bits per heavy atom. The molecule has 0 spiro atoms. The number of unbranched alkanes of at least 4 members (excludes halogenated alkanes) is 1. The first-order chi connectivity index (χ1) is 7.99. The maximum absolute atomic E-state index is 11.6. The fraction of sp³-hybridized carbons (Fsp3) is 0.833. The smallest absolute Gasteiger partial charge is 0.312 e. The summed E-state index contributed by atoms with van der Waals surface area (Å²) in [5.41, 5.74) is -0.425. The molecular formula is C12H23O4P. The highest BCUT2D eigenvalue weighted by Crippen LogP contribution is 2.47. The molecule has 0 rings (SSSR count). The van der Waals surface area contributed by atoms with E-state index in [1.54, 1.807) is 0 Å². The van der Waals surface area contributed by atoms with Crippen molar-refractivity contribution in [2.75, 3.05) is 20.4 Å². The minimum atomic E-state index is -0.729. The minimum absolute atomic E-state index is 0.212. The largest absolute Gasteiger partial charge is 0.469 e. The highest BCUT2D eigenvalue weighted by atomic mass is 31.1. The fourth-order valence-electron chi connectivity index (χ4n) is 1.68. The predicted molar refractivity (Wildman–Crippen MR) is 69.7 cm³/mol. The monoisotopic (exact) mass is 262 g/mol. The van der Waals surface area contributed by atoms with E-state index in [-0.39, 0.29) is 23.3 Å². The second-order valence-corrected chi connectivity index (χ2v) is 7.01. The third-order valence-corrected chi connectivity index (χ3v) is 6.09. The van der Waals surface area contributed by atoms with Gasteiger partial charge in [-0.2, -0.15) is 0 Å². The van der Waals surface area contributed by atoms with E-state index in [0.717, 1.165) is 19.0 Å². The summed E-state index contributed by atoms with van der Waals surface area (Å²) >= 11 is 0. The summed E-state index contributed by atoms with van der Waals surface area (Å²) in [6.07, 6.45) is 2.98. The van der Waals surface area contributed by atoms with Gasteiger partial charge in [0.05, 0.1) is 25.5 Å². The van der Waals surface area contributed by atoms with Crippen LogP contribution in [0.15, 0.2) is 0 Å². The third-order valence-electron chi connectivity index (χ3n) is 2.85. The lowest BCUT2D eigenvalue weighted by molar-refractivity contribution is -0.139. The number of methoxy groups -OCH3 is 2. The fourth-order valence-corrected chi connectivity index (χ4v) is 4.55. The molecule has 0 saturated heterocycles. The van der Waals surface area contributed by atoms with Crippen LogP contribution in [0.5, 0.6) is 0 Å². The second kappa shape index (κ2) is 8.46. The Morgan fingerprint density at radius 2 is 1.47 bits per heavy atom. The first-order valence-corrected chi connectivity index (χ1v) is 7.57. The number of carbonyl (C=O) groups is 2. The van der Waals surface area contributed by atoms with Crippen molar-refractivity contribution >= 4 is 19.9 Å². The van der Waals surface area contributed by atoms with Gasteiger partial charge in [0.15, 0.2) is 0 Å². The summed E-state index contributed by atoms with van der Waals surface area (Å²) in [5.74, 6) is -0.467. The van der Waals surface area contributed by atoms with Crippen LogP contribution in [0.3, 0.4) is 0 Å². The first kappa shape index (κ1) is 16.4. The van der Waals surface area contributed by atoms with Crippen molar-refractivity contribution in [3.63, 3.8) is 0 Å². The zero-order valence-electron chi connectivity index (χ0n) is 11.4. The van der Waals surface area contributed by atoms with E-state index in [4.69, 9.17) is 9.47 Å². The van der Waals surface area contributed by atoms with Gasteiger partial charge in [0.2, 0.25) is 0 Å². The molecule has 0 heterocycles. The van der Waals surface area contributed by atoms with Crippen LogP contribution in [0.2, 0.25) is 0 Å². The van der Waals surface area contributed by atoms with E-state index < -0.39 is 7.92 Å². The standard InChI is InChI=1S/C12H23O4P/c1-6-7-8-17(9(2)11(13)15-4)10(3)12(14)16-5/h9-10H,6-8H2,1-5H3. The molecule has 5 heteroatoms. The quantitative estimate of drug-likeness (QED) is 0.522. The molecule has 0 amide bonds. The summed E-state index contributed by atoms with van der Waals surface area (Å²) in [6, 6.07) is 0. The maximum atomic E-state index is 11.6. The van der Waals surface area contributed by atoms with Gasteiger partial charge in [-0.1, -0.05) is 21.3 Å². The Labute approximate surface area is 105 Å². The van der Waals surface area contributed by atoms with E-state index in [9.17, 15) is 9.59 Å². The van der Waals surface area contributed by atoms with Crippen LogP contribution in [0.4, 0.5) is 0 Å². The summed E-state index contributed by atoms with van der Waals surface area (Å²) < 4.78 is 9.52. The Balaban J connectivity index is 4.73. The molecule has 17 heavy (non-hydrogen) atoms. The lowest BCUT2D eigenvalue weighted by Crippen LogP contribution is -2.27. The van der Waals surface area contributed by atoms with Gasteiger partial charge in [-0.05, 0) is 26.4 Å². The molecule has 100 valence electrons. The van der Waals surface area contributed by atoms with Crippen LogP contribution in [-0.4, -0.2) is 43.6 Å². The minimum Gasteiger partial charge on any atom is -0.469 e. The molecule has 0 aromatic rings. The van der Waals surface area contributed by atoms with Crippen LogP contribution in [-0.2, 0) is 19.1 Å². The van der Waals surface area contributed by atoms with Crippen LogP contribution in [0.25, 0.3) is 0 Å². The Hall–Kier alpha value is -0.630. The van der Waals surface area contributed by atoms with Gasteiger partial charge < -0.3 is 9.47 Å². The number of rotatable bonds is 7. The van der Waals surface area contributed by atoms with Crippen molar-refractivity contribution in [1.82, 2.24) is 0 Å². The van der Waals surface area contributed by atoms with Gasteiger partial charge in [0.1, 0.15) is 0 Å². The van der Waals surface area contributed by atoms with E-state index in [1.807, 2.05) is 13.8 Å². The number of hydrogen-bond donors (Lipinski definition) is 0. The normalized spacial score (nSPS) is 15.8. The Bertz CT molecular complexity index is 233. The summed E-state index contributed by atoms with van der Waals surface area (Å²) in [5, 5.41) is 0. The lowest BCUT2D eigenvalue weighted by atomic mass is 10.4. The Morgan fingerprint density at radius 1 is 1.06 bits per heavy atom. The molecule has 0 saturated carbocycles. The summed E-state index contributed by atoms with van der Waals surface area (Å²) in [7, 11) is 2.04. The van der Waals surface area contributed by atoms with Crippen molar-refractivity contribution in [3.05, 3.63) is 0 Å². The van der Waals surface area contributed by atoms with Gasteiger partial charge in [0.25, 0.3) is 0 Å². The van der Waals surface area contributed by atoms with E-state index in [1.165, 1.54) is 14.2 Å².